The minimum atomic E-state index is -4.95. The molecule has 0 aromatic carbocycles. The molecule has 0 saturated heterocycles. The van der Waals surface area contributed by atoms with E-state index in [4.69, 9.17) is 37.0 Å². The van der Waals surface area contributed by atoms with E-state index in [2.05, 4.69) is 55.4 Å². The molecule has 0 radical (unpaired) electrons. The number of carbonyl (C=O) groups is 4. The van der Waals surface area contributed by atoms with Gasteiger partial charge >= 0.3 is 39.5 Å². The van der Waals surface area contributed by atoms with Gasteiger partial charge in [0, 0.05) is 25.7 Å². The van der Waals surface area contributed by atoms with Gasteiger partial charge in [0.1, 0.15) is 19.3 Å². The van der Waals surface area contributed by atoms with Gasteiger partial charge in [-0.2, -0.15) is 0 Å². The van der Waals surface area contributed by atoms with Crippen LogP contribution in [0.15, 0.2) is 0 Å². The highest BCUT2D eigenvalue weighted by Gasteiger charge is 2.30. The lowest BCUT2D eigenvalue weighted by Crippen LogP contribution is -2.30. The number of aliphatic hydroxyl groups excluding tert-OH is 1. The van der Waals surface area contributed by atoms with Crippen molar-refractivity contribution in [1.29, 1.82) is 0 Å². The van der Waals surface area contributed by atoms with Crippen molar-refractivity contribution in [3.8, 4) is 0 Å². The van der Waals surface area contributed by atoms with Gasteiger partial charge in [-0.25, -0.2) is 9.13 Å². The van der Waals surface area contributed by atoms with Gasteiger partial charge in [-0.05, 0) is 49.4 Å². The minimum absolute atomic E-state index is 0.101. The summed E-state index contributed by atoms with van der Waals surface area (Å²) in [6, 6.07) is 0. The topological polar surface area (TPSA) is 237 Å². The molecule has 0 aromatic heterocycles. The smallest absolute Gasteiger partial charge is 0.462 e. The molecule has 0 amide bonds. The van der Waals surface area contributed by atoms with Gasteiger partial charge in [0.2, 0.25) is 0 Å². The van der Waals surface area contributed by atoms with Crippen molar-refractivity contribution >= 4 is 39.5 Å². The number of rotatable bonds is 63. The van der Waals surface area contributed by atoms with Crippen LogP contribution in [0.25, 0.3) is 0 Å². The van der Waals surface area contributed by atoms with Gasteiger partial charge in [-0.3, -0.25) is 37.3 Å². The first-order chi connectivity index (χ1) is 40.7. The molecule has 8 atom stereocenters. The van der Waals surface area contributed by atoms with Gasteiger partial charge < -0.3 is 33.8 Å². The number of aliphatic hydroxyl groups is 1. The summed E-state index contributed by atoms with van der Waals surface area (Å²) in [4.78, 5) is 72.3. The van der Waals surface area contributed by atoms with Crippen LogP contribution in [-0.2, 0) is 65.4 Å². The van der Waals surface area contributed by atoms with Crippen LogP contribution in [0.5, 0.6) is 0 Å². The Bertz CT molecular complexity index is 1700. The lowest BCUT2D eigenvalue weighted by Gasteiger charge is -2.21. The van der Waals surface area contributed by atoms with Crippen molar-refractivity contribution < 1.29 is 80.2 Å². The number of ether oxygens (including phenoxy) is 4. The summed E-state index contributed by atoms with van der Waals surface area (Å²) in [6.45, 7) is 14.0. The SMILES string of the molecule is CCC(C)CCCCCCCCC(=O)OC[C@H](COP(=O)(O)OC[C@@H](O)COP(=O)(O)OC[C@@H](COC(=O)CCCCCCCCC(C)CC)OC(=O)CCCCCCCCC(C)CC)OC(=O)CCCCCCCCCCCCCCC(C)C. The highest BCUT2D eigenvalue weighted by atomic mass is 31.2. The van der Waals surface area contributed by atoms with Crippen LogP contribution in [0.4, 0.5) is 0 Å². The van der Waals surface area contributed by atoms with Gasteiger partial charge in [0.25, 0.3) is 0 Å². The van der Waals surface area contributed by atoms with Gasteiger partial charge in [0.15, 0.2) is 12.2 Å². The summed E-state index contributed by atoms with van der Waals surface area (Å²) in [5.74, 6) is 0.819. The monoisotopic (exact) mass is 1250 g/mol. The second-order valence-electron chi connectivity index (χ2n) is 25.1. The Kier molecular flexibility index (Phi) is 54.8. The maximum absolute atomic E-state index is 13.0. The molecule has 0 spiro atoms. The lowest BCUT2D eigenvalue weighted by molar-refractivity contribution is -0.161. The minimum Gasteiger partial charge on any atom is -0.462 e. The van der Waals surface area contributed by atoms with E-state index < -0.39 is 97.5 Å². The van der Waals surface area contributed by atoms with Crippen LogP contribution in [-0.4, -0.2) is 96.7 Å². The molecule has 17 nitrogen and oxygen atoms in total. The van der Waals surface area contributed by atoms with Crippen LogP contribution >= 0.6 is 15.6 Å². The standard InChI is InChI=1S/C66H128O17P2/c1-9-57(6)43-35-27-20-23-30-38-46-63(68)76-52-61(82-65(70)48-40-32-19-17-15-13-12-14-16-18-26-34-42-56(4)5)54-80-84(72,73)78-50-60(67)51-79-85(74,75)81-55-62(83-66(71)49-41-33-25-22-29-37-45-59(8)11-3)53-77-64(69)47-39-31-24-21-28-36-44-58(7)10-2/h56-62,67H,9-55H2,1-8H3,(H,72,73)(H,74,75)/t57?,58?,59?,60-,61-,62-/m1/s1. The maximum Gasteiger partial charge on any atom is 0.472 e. The number of phosphoric acid groups is 2. The zero-order valence-electron chi connectivity index (χ0n) is 55.2. The Morgan fingerprint density at radius 1 is 0.329 bits per heavy atom. The zero-order chi connectivity index (χ0) is 63.2. The van der Waals surface area contributed by atoms with E-state index in [0.29, 0.717) is 25.7 Å². The Balaban J connectivity index is 5.26. The van der Waals surface area contributed by atoms with E-state index in [0.717, 1.165) is 126 Å². The third-order valence-corrected chi connectivity index (χ3v) is 18.1. The normalized spacial score (nSPS) is 15.3. The van der Waals surface area contributed by atoms with Crippen LogP contribution < -0.4 is 0 Å². The predicted octanol–water partition coefficient (Wildman–Crippen LogP) is 18.1. The van der Waals surface area contributed by atoms with E-state index in [9.17, 15) is 43.2 Å². The number of hydrogen-bond donors (Lipinski definition) is 3. The van der Waals surface area contributed by atoms with E-state index in [1.165, 1.54) is 109 Å². The molecule has 3 N–H and O–H groups in total. The summed E-state index contributed by atoms with van der Waals surface area (Å²) in [5, 5.41) is 10.5. The van der Waals surface area contributed by atoms with Crippen LogP contribution in [0, 0.1) is 23.7 Å². The molecule has 504 valence electrons. The Hall–Kier alpha value is -1.94. The van der Waals surface area contributed by atoms with E-state index in [1.807, 2.05) is 0 Å². The molecular formula is C66H128O17P2. The first kappa shape index (κ1) is 83.1. The fourth-order valence-electron chi connectivity index (χ4n) is 9.69. The third-order valence-electron chi connectivity index (χ3n) is 16.2. The summed E-state index contributed by atoms with van der Waals surface area (Å²) in [6.07, 6.45) is 36.3. The van der Waals surface area contributed by atoms with Gasteiger partial charge in [0.05, 0.1) is 26.4 Å². The lowest BCUT2D eigenvalue weighted by atomic mass is 10.00. The molecular weight excluding hydrogens is 1130 g/mol. The number of unbranched alkanes of at least 4 members (excludes halogenated alkanes) is 26. The fourth-order valence-corrected chi connectivity index (χ4v) is 11.3. The molecule has 5 unspecified atom stereocenters. The fraction of sp³-hybridized carbons (Fsp3) is 0.939. The van der Waals surface area contributed by atoms with Crippen molar-refractivity contribution in [2.24, 2.45) is 23.7 Å². The van der Waals surface area contributed by atoms with Gasteiger partial charge in [-0.1, -0.05) is 267 Å². The molecule has 0 fully saturated rings. The summed E-state index contributed by atoms with van der Waals surface area (Å²) in [5.41, 5.74) is 0. The molecule has 0 bridgehead atoms. The Morgan fingerprint density at radius 3 is 0.835 bits per heavy atom. The van der Waals surface area contributed by atoms with Crippen molar-refractivity contribution in [3.05, 3.63) is 0 Å². The average Bonchev–Trinajstić information content (AvgIpc) is 3.57. The molecule has 0 rings (SSSR count). The molecule has 0 heterocycles. The van der Waals surface area contributed by atoms with Crippen molar-refractivity contribution in [2.45, 2.75) is 337 Å². The highest BCUT2D eigenvalue weighted by Crippen LogP contribution is 2.45. The Morgan fingerprint density at radius 2 is 0.565 bits per heavy atom. The number of hydrogen-bond acceptors (Lipinski definition) is 15. The zero-order valence-corrected chi connectivity index (χ0v) is 57.0. The highest BCUT2D eigenvalue weighted by molar-refractivity contribution is 7.47. The first-order valence-corrected chi connectivity index (χ1v) is 37.3. The van der Waals surface area contributed by atoms with E-state index >= 15 is 0 Å². The first-order valence-electron chi connectivity index (χ1n) is 34.3. The van der Waals surface area contributed by atoms with E-state index in [1.54, 1.807) is 0 Å². The predicted molar refractivity (Wildman–Crippen MR) is 340 cm³/mol. The summed E-state index contributed by atoms with van der Waals surface area (Å²) >= 11 is 0. The van der Waals surface area contributed by atoms with Crippen molar-refractivity contribution in [1.82, 2.24) is 0 Å². The molecule has 0 aliphatic rings. The molecule has 19 heteroatoms. The van der Waals surface area contributed by atoms with Crippen LogP contribution in [0.2, 0.25) is 0 Å². The number of phosphoric ester groups is 2. The van der Waals surface area contributed by atoms with Crippen molar-refractivity contribution in [3.63, 3.8) is 0 Å². The second kappa shape index (κ2) is 56.1. The van der Waals surface area contributed by atoms with E-state index in [-0.39, 0.29) is 25.7 Å². The average molecular weight is 1260 g/mol. The van der Waals surface area contributed by atoms with Crippen LogP contribution in [0.1, 0.15) is 319 Å². The summed E-state index contributed by atoms with van der Waals surface area (Å²) in [7, 11) is -9.89. The van der Waals surface area contributed by atoms with Gasteiger partial charge in [-0.15, -0.1) is 0 Å². The molecule has 0 aliphatic carbocycles. The third kappa shape index (κ3) is 57.0. The maximum atomic E-state index is 13.0. The Labute approximate surface area is 517 Å². The molecule has 85 heavy (non-hydrogen) atoms. The quantitative estimate of drug-likeness (QED) is 0.0222. The largest absolute Gasteiger partial charge is 0.472 e. The molecule has 0 saturated carbocycles. The van der Waals surface area contributed by atoms with Crippen LogP contribution in [0.3, 0.4) is 0 Å². The molecule has 0 aromatic rings. The summed E-state index contributed by atoms with van der Waals surface area (Å²) < 4.78 is 68.1. The number of carbonyl (C=O) groups excluding carboxylic acids is 4. The second-order valence-corrected chi connectivity index (χ2v) is 28.0. The number of esters is 4. The van der Waals surface area contributed by atoms with Crippen molar-refractivity contribution in [2.75, 3.05) is 39.6 Å². The molecule has 0 aliphatic heterocycles.